The van der Waals surface area contributed by atoms with Gasteiger partial charge in [0.25, 0.3) is 0 Å². The summed E-state index contributed by atoms with van der Waals surface area (Å²) in [7, 11) is 3.37. The minimum atomic E-state index is 0.835. The van der Waals surface area contributed by atoms with Crippen molar-refractivity contribution >= 4 is 21.7 Å². The zero-order valence-electron chi connectivity index (χ0n) is 14.0. The molecule has 6 heteroatoms. The van der Waals surface area contributed by atoms with E-state index in [0.29, 0.717) is 0 Å². The van der Waals surface area contributed by atoms with Crippen molar-refractivity contribution in [2.75, 3.05) is 45.3 Å². The van der Waals surface area contributed by atoms with Gasteiger partial charge in [-0.1, -0.05) is 0 Å². The second-order valence-corrected chi connectivity index (χ2v) is 6.73. The number of pyridine rings is 1. The van der Waals surface area contributed by atoms with Crippen LogP contribution >= 0.6 is 15.9 Å². The molecular formula is C18H22BrN3O2. The lowest BCUT2D eigenvalue weighted by Crippen LogP contribution is -2.46. The number of rotatable bonds is 5. The third-order valence-corrected chi connectivity index (χ3v) is 4.69. The van der Waals surface area contributed by atoms with E-state index in [9.17, 15) is 0 Å². The van der Waals surface area contributed by atoms with E-state index in [0.717, 1.165) is 54.5 Å². The molecule has 0 N–H and O–H groups in total. The van der Waals surface area contributed by atoms with E-state index in [1.807, 2.05) is 18.3 Å². The van der Waals surface area contributed by atoms with Crippen LogP contribution in [0.15, 0.2) is 41.0 Å². The van der Waals surface area contributed by atoms with Crippen molar-refractivity contribution in [3.05, 3.63) is 46.6 Å². The van der Waals surface area contributed by atoms with Crippen molar-refractivity contribution in [1.82, 2.24) is 9.88 Å². The summed E-state index contributed by atoms with van der Waals surface area (Å²) in [4.78, 5) is 9.26. The normalized spacial score (nSPS) is 15.4. The van der Waals surface area contributed by atoms with Gasteiger partial charge in [-0.2, -0.15) is 0 Å². The Morgan fingerprint density at radius 1 is 1.00 bits per heavy atom. The van der Waals surface area contributed by atoms with Crippen molar-refractivity contribution in [3.63, 3.8) is 0 Å². The van der Waals surface area contributed by atoms with Crippen LogP contribution in [0.25, 0.3) is 0 Å². The highest BCUT2D eigenvalue weighted by molar-refractivity contribution is 9.10. The smallest absolute Gasteiger partial charge is 0.128 e. The molecule has 1 saturated heterocycles. The van der Waals surface area contributed by atoms with Gasteiger partial charge >= 0.3 is 0 Å². The third kappa shape index (κ3) is 4.19. The first-order valence-electron chi connectivity index (χ1n) is 7.99. The first-order chi connectivity index (χ1) is 11.7. The summed E-state index contributed by atoms with van der Waals surface area (Å²) in [6.45, 7) is 4.88. The van der Waals surface area contributed by atoms with Crippen LogP contribution in [0, 0.1) is 0 Å². The Bertz CT molecular complexity index is 648. The molecular weight excluding hydrogens is 370 g/mol. The molecule has 1 aromatic heterocycles. The maximum absolute atomic E-state index is 5.35. The number of nitrogens with zero attached hydrogens (tertiary/aromatic N) is 3. The molecule has 5 nitrogen and oxygen atoms in total. The first kappa shape index (κ1) is 17.0. The summed E-state index contributed by atoms with van der Waals surface area (Å²) in [5.41, 5.74) is 1.21. The lowest BCUT2D eigenvalue weighted by Gasteiger charge is -2.35. The van der Waals surface area contributed by atoms with E-state index >= 15 is 0 Å². The second-order valence-electron chi connectivity index (χ2n) is 5.82. The molecule has 0 spiro atoms. The molecule has 1 aliphatic heterocycles. The van der Waals surface area contributed by atoms with Gasteiger partial charge in [0, 0.05) is 49.5 Å². The van der Waals surface area contributed by atoms with Gasteiger partial charge in [-0.3, -0.25) is 4.90 Å². The molecule has 2 heterocycles. The van der Waals surface area contributed by atoms with Gasteiger partial charge in [0.2, 0.25) is 0 Å². The van der Waals surface area contributed by atoms with Crippen LogP contribution in [0.3, 0.4) is 0 Å². The highest BCUT2D eigenvalue weighted by atomic mass is 79.9. The maximum Gasteiger partial charge on any atom is 0.128 e. The molecule has 0 radical (unpaired) electrons. The Labute approximate surface area is 151 Å². The summed E-state index contributed by atoms with van der Waals surface area (Å²) in [5.74, 6) is 2.71. The van der Waals surface area contributed by atoms with Crippen molar-refractivity contribution in [2.24, 2.45) is 0 Å². The van der Waals surface area contributed by atoms with E-state index in [1.165, 1.54) is 5.56 Å². The predicted octanol–water partition coefficient (Wildman–Crippen LogP) is 3.18. The Morgan fingerprint density at radius 3 is 2.21 bits per heavy atom. The fraction of sp³-hybridized carbons (Fsp3) is 0.389. The van der Waals surface area contributed by atoms with Crippen LogP contribution in [0.5, 0.6) is 11.5 Å². The van der Waals surface area contributed by atoms with Crippen molar-refractivity contribution in [3.8, 4) is 11.5 Å². The van der Waals surface area contributed by atoms with Crippen LogP contribution in [0.4, 0.5) is 5.82 Å². The molecule has 0 atom stereocenters. The number of anilines is 1. The summed E-state index contributed by atoms with van der Waals surface area (Å²) in [6, 6.07) is 10.2. The molecule has 0 amide bonds. The summed E-state index contributed by atoms with van der Waals surface area (Å²) in [5, 5.41) is 0. The monoisotopic (exact) mass is 391 g/mol. The Hall–Kier alpha value is -1.79. The van der Waals surface area contributed by atoms with Gasteiger partial charge in [-0.25, -0.2) is 4.98 Å². The Kier molecular flexibility index (Phi) is 5.58. The van der Waals surface area contributed by atoms with Gasteiger partial charge in [0.05, 0.1) is 14.2 Å². The SMILES string of the molecule is COc1cc(CN2CCN(c3ccc(Br)cn3)CC2)cc(OC)c1. The van der Waals surface area contributed by atoms with Crippen molar-refractivity contribution in [1.29, 1.82) is 0 Å². The van der Waals surface area contributed by atoms with E-state index in [-0.39, 0.29) is 0 Å². The van der Waals surface area contributed by atoms with Gasteiger partial charge in [-0.15, -0.1) is 0 Å². The fourth-order valence-electron chi connectivity index (χ4n) is 2.91. The van der Waals surface area contributed by atoms with Crippen LogP contribution in [-0.4, -0.2) is 50.3 Å². The van der Waals surface area contributed by atoms with Crippen molar-refractivity contribution < 1.29 is 9.47 Å². The number of hydrogen-bond acceptors (Lipinski definition) is 5. The fourth-order valence-corrected chi connectivity index (χ4v) is 3.14. The van der Waals surface area contributed by atoms with Crippen molar-refractivity contribution in [2.45, 2.75) is 6.54 Å². The lowest BCUT2D eigenvalue weighted by atomic mass is 10.1. The molecule has 0 saturated carbocycles. The summed E-state index contributed by atoms with van der Waals surface area (Å²) >= 11 is 3.43. The Balaban J connectivity index is 1.60. The van der Waals surface area contributed by atoms with Gasteiger partial charge in [0.15, 0.2) is 0 Å². The number of methoxy groups -OCH3 is 2. The zero-order valence-corrected chi connectivity index (χ0v) is 15.6. The number of ether oxygens (including phenoxy) is 2. The lowest BCUT2D eigenvalue weighted by molar-refractivity contribution is 0.248. The topological polar surface area (TPSA) is 37.8 Å². The highest BCUT2D eigenvalue weighted by Crippen LogP contribution is 2.24. The van der Waals surface area contributed by atoms with Gasteiger partial charge in [0.1, 0.15) is 17.3 Å². The number of piperazine rings is 1. The molecule has 0 aliphatic carbocycles. The van der Waals surface area contributed by atoms with Crippen LogP contribution in [0.1, 0.15) is 5.56 Å². The number of aromatic nitrogens is 1. The summed E-state index contributed by atoms with van der Waals surface area (Å²) in [6.07, 6.45) is 1.85. The van der Waals surface area contributed by atoms with Gasteiger partial charge in [-0.05, 0) is 45.8 Å². The largest absolute Gasteiger partial charge is 0.497 e. The van der Waals surface area contributed by atoms with Crippen LogP contribution in [0.2, 0.25) is 0 Å². The molecule has 128 valence electrons. The highest BCUT2D eigenvalue weighted by Gasteiger charge is 2.18. The van der Waals surface area contributed by atoms with E-state index < -0.39 is 0 Å². The average Bonchev–Trinajstić information content (AvgIpc) is 2.62. The predicted molar refractivity (Wildman–Crippen MR) is 99.0 cm³/mol. The quantitative estimate of drug-likeness (QED) is 0.782. The van der Waals surface area contributed by atoms with E-state index in [2.05, 4.69) is 48.9 Å². The molecule has 0 unspecified atom stereocenters. The standard InChI is InChI=1S/C18H22BrN3O2/c1-23-16-9-14(10-17(11-16)24-2)13-21-5-7-22(8-6-21)18-4-3-15(19)12-20-18/h3-4,9-12H,5-8,13H2,1-2H3. The number of benzene rings is 1. The minimum absolute atomic E-state index is 0.835. The molecule has 0 bridgehead atoms. The molecule has 1 aromatic carbocycles. The van der Waals surface area contributed by atoms with Crippen LogP contribution < -0.4 is 14.4 Å². The molecule has 24 heavy (non-hydrogen) atoms. The molecule has 1 aliphatic rings. The summed E-state index contributed by atoms with van der Waals surface area (Å²) < 4.78 is 11.7. The number of hydrogen-bond donors (Lipinski definition) is 0. The second kappa shape index (κ2) is 7.85. The average molecular weight is 392 g/mol. The number of halogens is 1. The molecule has 1 fully saturated rings. The first-order valence-corrected chi connectivity index (χ1v) is 8.78. The molecule has 3 rings (SSSR count). The zero-order chi connectivity index (χ0) is 16.9. The van der Waals surface area contributed by atoms with E-state index in [4.69, 9.17) is 9.47 Å². The van der Waals surface area contributed by atoms with Crippen LogP contribution in [-0.2, 0) is 6.54 Å². The van der Waals surface area contributed by atoms with Gasteiger partial charge < -0.3 is 14.4 Å². The third-order valence-electron chi connectivity index (χ3n) is 4.23. The Morgan fingerprint density at radius 2 is 1.67 bits per heavy atom. The van der Waals surface area contributed by atoms with E-state index in [1.54, 1.807) is 14.2 Å². The molecule has 2 aromatic rings. The maximum atomic E-state index is 5.35. The minimum Gasteiger partial charge on any atom is -0.497 e.